The third-order valence-electron chi connectivity index (χ3n) is 6.50. The number of halogens is 1. The normalized spacial score (nSPS) is 16.3. The maximum atomic E-state index is 12.3. The SMILES string of the molecule is CC(C)C(=O)N1CCC(CCn2cnc(=N)c3[nH]c(Sc4cc5c(cc4Br)OCCO5)nc32)CC1. The summed E-state index contributed by atoms with van der Waals surface area (Å²) in [7, 11) is 0. The molecule has 1 saturated heterocycles. The molecule has 2 aliphatic heterocycles. The molecule has 0 bridgehead atoms. The average Bonchev–Trinajstić information content (AvgIpc) is 3.29. The summed E-state index contributed by atoms with van der Waals surface area (Å²) in [5, 5.41) is 8.95. The van der Waals surface area contributed by atoms with Crippen LogP contribution in [0.4, 0.5) is 0 Å². The van der Waals surface area contributed by atoms with Crippen LogP contribution in [0.15, 0.2) is 33.0 Å². The first kappa shape index (κ1) is 24.2. The van der Waals surface area contributed by atoms with E-state index in [1.165, 1.54) is 11.8 Å². The quantitative estimate of drug-likeness (QED) is 0.467. The number of aromatic amines is 1. The molecular weight excluding hydrogens is 532 g/mol. The topological polar surface area (TPSA) is 109 Å². The smallest absolute Gasteiger partial charge is 0.225 e. The maximum Gasteiger partial charge on any atom is 0.225 e. The highest BCUT2D eigenvalue weighted by molar-refractivity contribution is 9.10. The minimum Gasteiger partial charge on any atom is -0.486 e. The van der Waals surface area contributed by atoms with Crippen molar-refractivity contribution in [1.82, 2.24) is 24.4 Å². The summed E-state index contributed by atoms with van der Waals surface area (Å²) in [6.07, 6.45) is 4.74. The van der Waals surface area contributed by atoms with Gasteiger partial charge in [0, 0.05) is 34.9 Å². The third-order valence-corrected chi connectivity index (χ3v) is 8.36. The number of nitrogens with one attached hydrogen (secondary N) is 2. The van der Waals surface area contributed by atoms with Gasteiger partial charge >= 0.3 is 0 Å². The van der Waals surface area contributed by atoms with Gasteiger partial charge in [-0.2, -0.15) is 0 Å². The second-order valence-corrected chi connectivity index (χ2v) is 11.2. The Bertz CT molecular complexity index is 1300. The number of amides is 1. The number of hydrogen-bond acceptors (Lipinski definition) is 7. The summed E-state index contributed by atoms with van der Waals surface area (Å²) in [6, 6.07) is 3.86. The number of rotatable bonds is 6. The number of nitrogens with zero attached hydrogens (tertiary/aromatic N) is 4. The van der Waals surface area contributed by atoms with Gasteiger partial charge in [-0.15, -0.1) is 0 Å². The van der Waals surface area contributed by atoms with Crippen molar-refractivity contribution in [3.63, 3.8) is 0 Å². The number of carbonyl (C=O) groups is 1. The number of ether oxygens (including phenoxy) is 2. The largest absolute Gasteiger partial charge is 0.486 e. The number of aromatic nitrogens is 4. The predicted molar refractivity (Wildman–Crippen MR) is 136 cm³/mol. The zero-order chi connectivity index (χ0) is 24.5. The molecule has 35 heavy (non-hydrogen) atoms. The van der Waals surface area contributed by atoms with Gasteiger partial charge in [-0.25, -0.2) is 9.97 Å². The van der Waals surface area contributed by atoms with Crippen LogP contribution in [0.25, 0.3) is 11.2 Å². The fraction of sp³-hybridized carbons (Fsp3) is 0.500. The second-order valence-electron chi connectivity index (χ2n) is 9.27. The van der Waals surface area contributed by atoms with Crippen LogP contribution in [0.1, 0.15) is 33.1 Å². The molecule has 0 radical (unpaired) electrons. The first-order chi connectivity index (χ1) is 16.9. The number of hydrogen-bond donors (Lipinski definition) is 2. The molecule has 9 nitrogen and oxygen atoms in total. The Hall–Kier alpha value is -2.53. The molecule has 0 saturated carbocycles. The Morgan fingerprint density at radius 1 is 1.26 bits per heavy atom. The van der Waals surface area contributed by atoms with E-state index < -0.39 is 0 Å². The standard InChI is InChI=1S/C24H29BrN6O3S/c1-14(2)23(32)30-6-3-15(4-7-30)5-8-31-13-27-21(26)20-22(31)29-24(28-20)35-19-12-18-17(11-16(19)25)33-9-10-34-18/h11-15,26H,3-10H2,1-2H3,(H,28,29). The molecule has 2 aromatic heterocycles. The van der Waals surface area contributed by atoms with E-state index in [1.54, 1.807) is 6.33 Å². The van der Waals surface area contributed by atoms with Crippen LogP contribution in [0.5, 0.6) is 11.5 Å². The third kappa shape index (κ3) is 5.20. The number of aryl methyl sites for hydroxylation is 1. The van der Waals surface area contributed by atoms with E-state index in [1.807, 2.05) is 35.4 Å². The molecule has 5 rings (SSSR count). The molecule has 0 aliphatic carbocycles. The molecule has 4 heterocycles. The highest BCUT2D eigenvalue weighted by Crippen LogP contribution is 2.41. The zero-order valence-corrected chi connectivity index (χ0v) is 22.2. The van der Waals surface area contributed by atoms with E-state index in [9.17, 15) is 4.79 Å². The molecule has 1 fully saturated rings. The maximum absolute atomic E-state index is 12.3. The number of fused-ring (bicyclic) bond motifs is 2. The molecule has 0 atom stereocenters. The molecule has 2 N–H and O–H groups in total. The Labute approximate surface area is 216 Å². The summed E-state index contributed by atoms with van der Waals surface area (Å²) in [6.45, 7) is 7.44. The number of carbonyl (C=O) groups excluding carboxylic acids is 1. The molecule has 11 heteroatoms. The van der Waals surface area contributed by atoms with Crippen LogP contribution in [-0.4, -0.2) is 56.6 Å². The number of H-pyrrole nitrogens is 1. The molecule has 0 unspecified atom stereocenters. The van der Waals surface area contributed by atoms with Crippen molar-refractivity contribution in [2.45, 2.75) is 49.7 Å². The van der Waals surface area contributed by atoms with Gasteiger partial charge in [0.1, 0.15) is 18.7 Å². The van der Waals surface area contributed by atoms with E-state index in [-0.39, 0.29) is 17.3 Å². The fourth-order valence-corrected chi connectivity index (χ4v) is 5.91. The van der Waals surface area contributed by atoms with Gasteiger partial charge in [-0.05, 0) is 53.2 Å². The molecule has 1 amide bonds. The van der Waals surface area contributed by atoms with E-state index >= 15 is 0 Å². The summed E-state index contributed by atoms with van der Waals surface area (Å²) < 4.78 is 14.3. The lowest BCUT2D eigenvalue weighted by atomic mass is 9.93. The van der Waals surface area contributed by atoms with Crippen LogP contribution in [-0.2, 0) is 11.3 Å². The monoisotopic (exact) mass is 560 g/mol. The van der Waals surface area contributed by atoms with Gasteiger partial charge in [-0.1, -0.05) is 25.6 Å². The van der Waals surface area contributed by atoms with E-state index in [4.69, 9.17) is 19.9 Å². The van der Waals surface area contributed by atoms with Crippen LogP contribution in [0.2, 0.25) is 0 Å². The van der Waals surface area contributed by atoms with Crippen molar-refractivity contribution in [3.8, 4) is 11.5 Å². The highest BCUT2D eigenvalue weighted by atomic mass is 79.9. The Morgan fingerprint density at radius 3 is 2.69 bits per heavy atom. The Kier molecular flexibility index (Phi) is 7.06. The van der Waals surface area contributed by atoms with Crippen molar-refractivity contribution < 1.29 is 14.3 Å². The second kappa shape index (κ2) is 10.2. The number of likely N-dealkylation sites (tertiary alicyclic amines) is 1. The van der Waals surface area contributed by atoms with Crippen LogP contribution in [0, 0.1) is 17.2 Å². The lowest BCUT2D eigenvalue weighted by Gasteiger charge is -2.33. The zero-order valence-electron chi connectivity index (χ0n) is 19.8. The van der Waals surface area contributed by atoms with Crippen LogP contribution >= 0.6 is 27.7 Å². The van der Waals surface area contributed by atoms with Gasteiger partial charge in [0.05, 0.1) is 6.33 Å². The molecule has 1 aromatic carbocycles. The van der Waals surface area contributed by atoms with E-state index in [2.05, 4.69) is 25.9 Å². The lowest BCUT2D eigenvalue weighted by molar-refractivity contribution is -0.135. The lowest BCUT2D eigenvalue weighted by Crippen LogP contribution is -2.40. The summed E-state index contributed by atoms with van der Waals surface area (Å²) in [4.78, 5) is 27.5. The predicted octanol–water partition coefficient (Wildman–Crippen LogP) is 4.21. The molecule has 0 spiro atoms. The highest BCUT2D eigenvalue weighted by Gasteiger charge is 2.24. The minimum atomic E-state index is 0.0550. The molecule has 2 aliphatic rings. The van der Waals surface area contributed by atoms with Gasteiger partial charge in [0.2, 0.25) is 5.91 Å². The van der Waals surface area contributed by atoms with Crippen molar-refractivity contribution in [2.75, 3.05) is 26.3 Å². The first-order valence-electron chi connectivity index (χ1n) is 11.9. The van der Waals surface area contributed by atoms with Crippen LogP contribution in [0.3, 0.4) is 0 Å². The molecular formula is C24H29BrN6O3S. The number of imidazole rings is 1. The van der Waals surface area contributed by atoms with E-state index in [0.29, 0.717) is 29.8 Å². The van der Waals surface area contributed by atoms with Gasteiger partial charge in [-0.3, -0.25) is 10.2 Å². The molecule has 186 valence electrons. The fourth-order valence-electron chi connectivity index (χ4n) is 4.53. The average molecular weight is 562 g/mol. The number of benzene rings is 1. The van der Waals surface area contributed by atoms with Crippen molar-refractivity contribution in [3.05, 3.63) is 28.4 Å². The summed E-state index contributed by atoms with van der Waals surface area (Å²) in [5.74, 6) is 2.32. The van der Waals surface area contributed by atoms with Gasteiger partial charge < -0.3 is 23.9 Å². The van der Waals surface area contributed by atoms with Crippen LogP contribution < -0.4 is 15.0 Å². The van der Waals surface area contributed by atoms with Gasteiger partial charge in [0.25, 0.3) is 0 Å². The van der Waals surface area contributed by atoms with Gasteiger partial charge in [0.15, 0.2) is 27.8 Å². The summed E-state index contributed by atoms with van der Waals surface area (Å²) in [5.41, 5.74) is 1.53. The Morgan fingerprint density at radius 2 is 1.97 bits per heavy atom. The van der Waals surface area contributed by atoms with E-state index in [0.717, 1.165) is 65.4 Å². The molecule has 3 aromatic rings. The van der Waals surface area contributed by atoms with Crippen molar-refractivity contribution in [2.24, 2.45) is 11.8 Å². The number of piperidine rings is 1. The summed E-state index contributed by atoms with van der Waals surface area (Å²) >= 11 is 5.09. The minimum absolute atomic E-state index is 0.0550. The first-order valence-corrected chi connectivity index (χ1v) is 13.6. The Balaban J connectivity index is 1.29. The van der Waals surface area contributed by atoms with Crippen molar-refractivity contribution >= 4 is 44.8 Å². The van der Waals surface area contributed by atoms with Crippen molar-refractivity contribution in [1.29, 1.82) is 5.41 Å².